The number of aryl methyl sites for hydroxylation is 1. The summed E-state index contributed by atoms with van der Waals surface area (Å²) >= 11 is 5.97. The molecule has 218 valence electrons. The lowest BCUT2D eigenvalue weighted by atomic mass is 10.0. The summed E-state index contributed by atoms with van der Waals surface area (Å²) < 4.78 is 1.51. The number of ketones is 1. The van der Waals surface area contributed by atoms with Gasteiger partial charge in [-0.15, -0.1) is 0 Å². The first kappa shape index (κ1) is 28.4. The number of aromatic amines is 1. The molecule has 1 saturated heterocycles. The third-order valence-corrected chi connectivity index (χ3v) is 7.81. The first-order valence-corrected chi connectivity index (χ1v) is 14.7. The molecule has 1 fully saturated rings. The van der Waals surface area contributed by atoms with Crippen molar-refractivity contribution in [2.45, 2.75) is 32.9 Å². The maximum atomic E-state index is 13.4. The summed E-state index contributed by atoms with van der Waals surface area (Å²) in [5.74, 6) is -0.621. The van der Waals surface area contributed by atoms with Crippen LogP contribution in [0.4, 0.5) is 11.4 Å². The largest absolute Gasteiger partial charge is 0.494 e. The number of nitrogens with zero attached hydrogens (tertiary/aromatic N) is 4. The van der Waals surface area contributed by atoms with Crippen LogP contribution >= 0.6 is 11.6 Å². The van der Waals surface area contributed by atoms with Crippen LogP contribution < -0.4 is 5.32 Å². The number of fused-ring (bicyclic) bond motifs is 1. The van der Waals surface area contributed by atoms with E-state index in [9.17, 15) is 14.7 Å². The van der Waals surface area contributed by atoms with Gasteiger partial charge in [0, 0.05) is 53.1 Å². The Morgan fingerprint density at radius 1 is 1.05 bits per heavy atom. The van der Waals surface area contributed by atoms with E-state index in [4.69, 9.17) is 11.6 Å². The number of anilines is 1. The smallest absolute Gasteiger partial charge is 0.273 e. The molecule has 5 aromatic rings. The van der Waals surface area contributed by atoms with E-state index in [2.05, 4.69) is 37.4 Å². The van der Waals surface area contributed by atoms with Crippen LogP contribution in [0.3, 0.4) is 0 Å². The van der Waals surface area contributed by atoms with Crippen molar-refractivity contribution in [3.05, 3.63) is 106 Å². The number of H-pyrrole nitrogens is 1. The minimum absolute atomic E-state index is 0.0230. The number of aliphatic imine (C=N–C) groups is 1. The number of carbonyl (C=O) groups is 2. The number of hydrogen-bond acceptors (Lipinski definition) is 6. The van der Waals surface area contributed by atoms with Crippen LogP contribution in [0.2, 0.25) is 5.15 Å². The molecule has 3 N–H and O–H groups in total. The van der Waals surface area contributed by atoms with Gasteiger partial charge in [-0.1, -0.05) is 48.0 Å². The number of halogens is 1. The zero-order chi connectivity index (χ0) is 29.9. The van der Waals surface area contributed by atoms with E-state index in [0.29, 0.717) is 40.1 Å². The van der Waals surface area contributed by atoms with Gasteiger partial charge >= 0.3 is 0 Å². The quantitative estimate of drug-likeness (QED) is 0.132. The molecule has 3 aromatic carbocycles. The van der Waals surface area contributed by atoms with Gasteiger partial charge in [0.2, 0.25) is 0 Å². The van der Waals surface area contributed by atoms with E-state index in [1.54, 1.807) is 48.7 Å². The van der Waals surface area contributed by atoms with Gasteiger partial charge in [-0.3, -0.25) is 24.2 Å². The Bertz CT molecular complexity index is 1830. The number of likely N-dealkylation sites (tertiary alicyclic amines) is 1. The molecule has 9 nitrogen and oxygen atoms in total. The first-order chi connectivity index (χ1) is 20.9. The summed E-state index contributed by atoms with van der Waals surface area (Å²) in [6.45, 7) is 5.61. The van der Waals surface area contributed by atoms with Crippen molar-refractivity contribution in [3.63, 3.8) is 0 Å². The average Bonchev–Trinajstić information content (AvgIpc) is 3.74. The maximum Gasteiger partial charge on any atom is 0.273 e. The zero-order valence-electron chi connectivity index (χ0n) is 23.7. The molecule has 1 aliphatic rings. The molecule has 0 bridgehead atoms. The molecule has 0 saturated carbocycles. The van der Waals surface area contributed by atoms with E-state index in [1.165, 1.54) is 29.2 Å². The topological polar surface area (TPSA) is 116 Å². The Kier molecular flexibility index (Phi) is 8.09. The van der Waals surface area contributed by atoms with Gasteiger partial charge in [0.15, 0.2) is 16.8 Å². The van der Waals surface area contributed by atoms with Crippen LogP contribution in [0.25, 0.3) is 10.9 Å². The summed E-state index contributed by atoms with van der Waals surface area (Å²) in [5.41, 5.74) is 4.85. The number of aromatic hydroxyl groups is 1. The molecular weight excluding hydrogens is 564 g/mol. The van der Waals surface area contributed by atoms with Crippen LogP contribution in [-0.4, -0.2) is 55.8 Å². The fourth-order valence-electron chi connectivity index (χ4n) is 5.41. The Balaban J connectivity index is 1.17. The highest BCUT2D eigenvalue weighted by Gasteiger charge is 2.17. The Labute approximate surface area is 253 Å². The van der Waals surface area contributed by atoms with E-state index >= 15 is 0 Å². The summed E-state index contributed by atoms with van der Waals surface area (Å²) in [4.78, 5) is 36.2. The van der Waals surface area contributed by atoms with Crippen molar-refractivity contribution in [2.75, 3.05) is 18.4 Å². The summed E-state index contributed by atoms with van der Waals surface area (Å²) in [7, 11) is 0. The molecule has 2 aromatic heterocycles. The van der Waals surface area contributed by atoms with Gasteiger partial charge in [0.05, 0.1) is 11.3 Å². The number of amides is 1. The summed E-state index contributed by atoms with van der Waals surface area (Å²) in [5, 5.41) is 18.5. The molecular formula is C33H31ClN6O3. The molecule has 1 aliphatic heterocycles. The highest BCUT2D eigenvalue weighted by atomic mass is 35.5. The van der Waals surface area contributed by atoms with Crippen molar-refractivity contribution in [2.24, 2.45) is 4.99 Å². The van der Waals surface area contributed by atoms with Crippen molar-refractivity contribution in [1.82, 2.24) is 19.7 Å². The van der Waals surface area contributed by atoms with Gasteiger partial charge in [0.25, 0.3) is 5.91 Å². The van der Waals surface area contributed by atoms with Gasteiger partial charge in [-0.2, -0.15) is 5.10 Å². The Hall–Kier alpha value is -4.73. The van der Waals surface area contributed by atoms with E-state index in [0.717, 1.165) is 30.7 Å². The van der Waals surface area contributed by atoms with Crippen molar-refractivity contribution in [3.8, 4) is 5.88 Å². The fourth-order valence-corrected chi connectivity index (χ4v) is 5.61. The van der Waals surface area contributed by atoms with Crippen LogP contribution in [0.5, 0.6) is 5.88 Å². The molecule has 6 rings (SSSR count). The predicted molar refractivity (Wildman–Crippen MR) is 169 cm³/mol. The molecule has 0 aliphatic carbocycles. The average molecular weight is 595 g/mol. The zero-order valence-corrected chi connectivity index (χ0v) is 24.4. The lowest BCUT2D eigenvalue weighted by molar-refractivity contribution is 0.101. The molecule has 1 amide bonds. The monoisotopic (exact) mass is 594 g/mol. The van der Waals surface area contributed by atoms with Crippen LogP contribution in [0.1, 0.15) is 57.3 Å². The Morgan fingerprint density at radius 2 is 1.81 bits per heavy atom. The highest BCUT2D eigenvalue weighted by Crippen LogP contribution is 2.28. The third-order valence-electron chi connectivity index (χ3n) is 7.63. The van der Waals surface area contributed by atoms with Crippen LogP contribution in [0.15, 0.2) is 77.8 Å². The van der Waals surface area contributed by atoms with E-state index < -0.39 is 0 Å². The molecule has 0 radical (unpaired) electrons. The summed E-state index contributed by atoms with van der Waals surface area (Å²) in [6.07, 6.45) is 4.17. The second-order valence-corrected chi connectivity index (χ2v) is 11.0. The van der Waals surface area contributed by atoms with Crippen molar-refractivity contribution in [1.29, 1.82) is 0 Å². The second-order valence-electron chi connectivity index (χ2n) is 10.6. The molecule has 10 heteroatoms. The van der Waals surface area contributed by atoms with Gasteiger partial charge in [0.1, 0.15) is 5.69 Å². The lowest BCUT2D eigenvalue weighted by Gasteiger charge is -2.14. The predicted octanol–water partition coefficient (Wildman–Crippen LogP) is 6.57. The number of benzene rings is 3. The van der Waals surface area contributed by atoms with Gasteiger partial charge in [-0.05, 0) is 68.8 Å². The SMILES string of the molecule is CCn1nc(Cl)cc1C(=O)Nc1cccc(C(=O)c2ccc3c(C=Nc4ccc(CN5CCCC5)cc4)c(O)[nH]c3c2)c1. The van der Waals surface area contributed by atoms with Crippen molar-refractivity contribution >= 4 is 51.8 Å². The number of carbonyl (C=O) groups excluding carboxylic acids is 2. The fraction of sp³-hybridized carbons (Fsp3) is 0.212. The lowest BCUT2D eigenvalue weighted by Crippen LogP contribution is -2.18. The minimum Gasteiger partial charge on any atom is -0.494 e. The molecule has 0 atom stereocenters. The number of nitrogens with one attached hydrogen (secondary N) is 2. The minimum atomic E-state index is -0.374. The molecule has 3 heterocycles. The normalized spacial score (nSPS) is 13.7. The maximum absolute atomic E-state index is 13.4. The van der Waals surface area contributed by atoms with Gasteiger partial charge in [-0.25, -0.2) is 0 Å². The standard InChI is InChI=1S/C33H31ClN6O3/c1-2-40-29(18-30(34)38-40)33(43)36-25-7-5-6-22(16-25)31(41)23-10-13-26-27(32(42)37-28(26)17-23)19-35-24-11-8-21(9-12-24)20-39-14-3-4-15-39/h5-13,16-19,37,42H,2-4,14-15,20H2,1H3,(H,36,43). The molecule has 0 unspecified atom stereocenters. The third kappa shape index (κ3) is 6.23. The summed E-state index contributed by atoms with van der Waals surface area (Å²) in [6, 6.07) is 21.6. The number of hydrogen-bond donors (Lipinski definition) is 3. The van der Waals surface area contributed by atoms with Crippen molar-refractivity contribution < 1.29 is 14.7 Å². The Morgan fingerprint density at radius 3 is 2.58 bits per heavy atom. The second kappa shape index (κ2) is 12.2. The molecule has 0 spiro atoms. The van der Waals surface area contributed by atoms with Crippen LogP contribution in [0, 0.1) is 0 Å². The van der Waals surface area contributed by atoms with Crippen LogP contribution in [-0.2, 0) is 13.1 Å². The van der Waals surface area contributed by atoms with Gasteiger partial charge < -0.3 is 15.4 Å². The van der Waals surface area contributed by atoms with E-state index in [-0.39, 0.29) is 22.7 Å². The molecule has 43 heavy (non-hydrogen) atoms. The first-order valence-electron chi connectivity index (χ1n) is 14.3. The number of rotatable bonds is 9. The highest BCUT2D eigenvalue weighted by molar-refractivity contribution is 6.29. The van der Waals surface area contributed by atoms with E-state index in [1.807, 2.05) is 19.1 Å². The number of aromatic nitrogens is 3.